The van der Waals surface area contributed by atoms with Gasteiger partial charge in [0.1, 0.15) is 12.4 Å². The number of nitrogens with zero attached hydrogens (tertiary/aromatic N) is 4. The number of aliphatic imine (C=N–C) groups is 1. The summed E-state index contributed by atoms with van der Waals surface area (Å²) in [6.45, 7) is 8.03. The lowest BCUT2D eigenvalue weighted by molar-refractivity contribution is -0.127. The van der Waals surface area contributed by atoms with Crippen LogP contribution in [0.4, 0.5) is 0 Å². The highest BCUT2D eigenvalue weighted by molar-refractivity contribution is 5.84. The molecule has 0 spiro atoms. The monoisotopic (exact) mass is 356 g/mol. The number of hydrogen-bond donors (Lipinski definition) is 2. The summed E-state index contributed by atoms with van der Waals surface area (Å²) >= 11 is 0. The van der Waals surface area contributed by atoms with Crippen LogP contribution >= 0.6 is 0 Å². The molecule has 0 bridgehead atoms. The molecular weight excluding hydrogens is 328 g/mol. The van der Waals surface area contributed by atoms with Crippen molar-refractivity contribution in [3.05, 3.63) is 42.7 Å². The number of aryl methyl sites for hydroxylation is 2. The number of aromatic nitrogens is 2. The molecular formula is C19H28N6O. The van der Waals surface area contributed by atoms with Crippen LogP contribution in [-0.2, 0) is 11.3 Å². The number of benzene rings is 1. The van der Waals surface area contributed by atoms with Gasteiger partial charge in [-0.25, -0.2) is 9.98 Å². The van der Waals surface area contributed by atoms with Gasteiger partial charge in [-0.1, -0.05) is 18.2 Å². The number of carbonyl (C=O) groups is 1. The quantitative estimate of drug-likeness (QED) is 0.326. The van der Waals surface area contributed by atoms with E-state index in [0.29, 0.717) is 12.5 Å². The van der Waals surface area contributed by atoms with Gasteiger partial charge in [0.25, 0.3) is 0 Å². The molecule has 1 aromatic heterocycles. The van der Waals surface area contributed by atoms with Crippen LogP contribution in [0.5, 0.6) is 0 Å². The Kier molecular flexibility index (Phi) is 7.20. The molecule has 1 aromatic carbocycles. The van der Waals surface area contributed by atoms with Crippen LogP contribution in [0.3, 0.4) is 0 Å². The zero-order valence-electron chi connectivity index (χ0n) is 15.8. The van der Waals surface area contributed by atoms with Crippen molar-refractivity contribution >= 4 is 22.9 Å². The molecule has 1 amide bonds. The van der Waals surface area contributed by atoms with Crippen molar-refractivity contribution < 1.29 is 4.79 Å². The van der Waals surface area contributed by atoms with Crippen molar-refractivity contribution in [2.45, 2.75) is 19.9 Å². The fraction of sp³-hybridized carbons (Fsp3) is 0.421. The van der Waals surface area contributed by atoms with Gasteiger partial charge in [0.2, 0.25) is 5.91 Å². The molecule has 26 heavy (non-hydrogen) atoms. The van der Waals surface area contributed by atoms with Gasteiger partial charge in [-0.05, 0) is 25.5 Å². The molecule has 0 aliphatic heterocycles. The average molecular weight is 356 g/mol. The fourth-order valence-corrected chi connectivity index (χ4v) is 2.55. The van der Waals surface area contributed by atoms with E-state index in [9.17, 15) is 4.79 Å². The maximum absolute atomic E-state index is 11.7. The van der Waals surface area contributed by atoms with Gasteiger partial charge in [0, 0.05) is 33.7 Å². The third-order valence-electron chi connectivity index (χ3n) is 3.98. The normalized spacial score (nSPS) is 11.4. The molecule has 1 heterocycles. The van der Waals surface area contributed by atoms with Crippen LogP contribution < -0.4 is 10.6 Å². The molecule has 2 rings (SSSR count). The summed E-state index contributed by atoms with van der Waals surface area (Å²) in [7, 11) is 3.44. The van der Waals surface area contributed by atoms with Crippen molar-refractivity contribution in [1.82, 2.24) is 25.1 Å². The maximum Gasteiger partial charge on any atom is 0.243 e. The number of imidazole rings is 1. The van der Waals surface area contributed by atoms with Crippen molar-refractivity contribution in [2.75, 3.05) is 33.7 Å². The highest BCUT2D eigenvalue weighted by atomic mass is 16.2. The second-order valence-corrected chi connectivity index (χ2v) is 6.20. The number of fused-ring (bicyclic) bond motifs is 1. The standard InChI is InChI=1S/C19H28N6O/c1-5-11-20-19(22-14-18(26)24(3)4)21-12-8-13-25-15(2)23-16-9-6-7-10-17(16)25/h5-7,9-10H,1,8,11-14H2,2-4H3,(H2,20,21,22). The van der Waals surface area contributed by atoms with Crippen molar-refractivity contribution in [3.8, 4) is 0 Å². The first kappa shape index (κ1) is 19.5. The number of hydrogen-bond acceptors (Lipinski definition) is 3. The predicted octanol–water partition coefficient (Wildman–Crippen LogP) is 1.54. The summed E-state index contributed by atoms with van der Waals surface area (Å²) in [5.74, 6) is 1.60. The Morgan fingerprint density at radius 1 is 1.35 bits per heavy atom. The molecule has 7 nitrogen and oxygen atoms in total. The number of likely N-dealkylation sites (N-methyl/N-ethyl adjacent to an activating group) is 1. The molecule has 0 aliphatic rings. The maximum atomic E-state index is 11.7. The number of rotatable bonds is 8. The molecule has 0 unspecified atom stereocenters. The minimum Gasteiger partial charge on any atom is -0.356 e. The zero-order chi connectivity index (χ0) is 18.9. The van der Waals surface area contributed by atoms with E-state index in [1.54, 1.807) is 20.2 Å². The summed E-state index contributed by atoms with van der Waals surface area (Å²) < 4.78 is 2.22. The van der Waals surface area contributed by atoms with Crippen LogP contribution in [0.15, 0.2) is 41.9 Å². The van der Waals surface area contributed by atoms with Gasteiger partial charge in [-0.15, -0.1) is 6.58 Å². The Morgan fingerprint density at radius 3 is 2.85 bits per heavy atom. The lowest BCUT2D eigenvalue weighted by atomic mass is 10.3. The average Bonchev–Trinajstić information content (AvgIpc) is 2.95. The van der Waals surface area contributed by atoms with Gasteiger partial charge in [-0.2, -0.15) is 0 Å². The Balaban J connectivity index is 1.90. The van der Waals surface area contributed by atoms with Crippen LogP contribution in [0.1, 0.15) is 12.2 Å². The van der Waals surface area contributed by atoms with E-state index in [-0.39, 0.29) is 12.5 Å². The van der Waals surface area contributed by atoms with Crippen LogP contribution in [0, 0.1) is 6.92 Å². The van der Waals surface area contributed by atoms with E-state index < -0.39 is 0 Å². The van der Waals surface area contributed by atoms with E-state index in [4.69, 9.17) is 0 Å². The smallest absolute Gasteiger partial charge is 0.243 e. The van der Waals surface area contributed by atoms with Crippen LogP contribution in [-0.4, -0.2) is 60.0 Å². The number of carbonyl (C=O) groups excluding carboxylic acids is 1. The minimum atomic E-state index is -0.0368. The van der Waals surface area contributed by atoms with Gasteiger partial charge in [0.05, 0.1) is 11.0 Å². The second kappa shape index (κ2) is 9.60. The molecule has 0 saturated carbocycles. The van der Waals surface area contributed by atoms with E-state index in [2.05, 4.69) is 37.8 Å². The Labute approximate surface area is 154 Å². The summed E-state index contributed by atoms with van der Waals surface area (Å²) in [5, 5.41) is 6.39. The molecule has 0 atom stereocenters. The van der Waals surface area contributed by atoms with Gasteiger partial charge < -0.3 is 20.1 Å². The summed E-state index contributed by atoms with van der Waals surface area (Å²) in [6, 6.07) is 8.16. The number of guanidine groups is 1. The second-order valence-electron chi connectivity index (χ2n) is 6.20. The molecule has 0 radical (unpaired) electrons. The molecule has 0 aliphatic carbocycles. The molecule has 140 valence electrons. The highest BCUT2D eigenvalue weighted by Gasteiger charge is 2.07. The van der Waals surface area contributed by atoms with Crippen molar-refractivity contribution in [3.63, 3.8) is 0 Å². The van der Waals surface area contributed by atoms with Gasteiger partial charge >= 0.3 is 0 Å². The largest absolute Gasteiger partial charge is 0.356 e. The predicted molar refractivity (Wildman–Crippen MR) is 106 cm³/mol. The van der Waals surface area contributed by atoms with Crippen molar-refractivity contribution in [2.24, 2.45) is 4.99 Å². The molecule has 7 heteroatoms. The lowest BCUT2D eigenvalue weighted by Crippen LogP contribution is -2.39. The van der Waals surface area contributed by atoms with E-state index >= 15 is 0 Å². The van der Waals surface area contributed by atoms with E-state index in [1.165, 1.54) is 4.90 Å². The van der Waals surface area contributed by atoms with Crippen LogP contribution in [0.25, 0.3) is 11.0 Å². The van der Waals surface area contributed by atoms with E-state index in [0.717, 1.165) is 36.4 Å². The SMILES string of the molecule is C=CCNC(=NCC(=O)N(C)C)NCCCn1c(C)nc2ccccc21. The Bertz CT molecular complexity index is 777. The molecule has 0 fully saturated rings. The number of nitrogens with one attached hydrogen (secondary N) is 2. The first-order chi connectivity index (χ1) is 12.5. The van der Waals surface area contributed by atoms with Crippen LogP contribution in [0.2, 0.25) is 0 Å². The first-order valence-electron chi connectivity index (χ1n) is 8.78. The molecule has 2 N–H and O–H groups in total. The lowest BCUT2D eigenvalue weighted by Gasteiger charge is -2.13. The number of para-hydroxylation sites is 2. The van der Waals surface area contributed by atoms with E-state index in [1.807, 2.05) is 25.1 Å². The first-order valence-corrected chi connectivity index (χ1v) is 8.78. The fourth-order valence-electron chi connectivity index (χ4n) is 2.55. The Hall–Kier alpha value is -2.83. The zero-order valence-corrected chi connectivity index (χ0v) is 15.8. The summed E-state index contributed by atoms with van der Waals surface area (Å²) in [5.41, 5.74) is 2.18. The highest BCUT2D eigenvalue weighted by Crippen LogP contribution is 2.15. The van der Waals surface area contributed by atoms with Crippen molar-refractivity contribution in [1.29, 1.82) is 0 Å². The summed E-state index contributed by atoms with van der Waals surface area (Å²) in [4.78, 5) is 22.1. The third kappa shape index (κ3) is 5.34. The minimum absolute atomic E-state index is 0.0368. The van der Waals surface area contributed by atoms with Gasteiger partial charge in [-0.3, -0.25) is 4.79 Å². The van der Waals surface area contributed by atoms with Gasteiger partial charge in [0.15, 0.2) is 5.96 Å². The topological polar surface area (TPSA) is 74.6 Å². The molecule has 0 saturated heterocycles. The summed E-state index contributed by atoms with van der Waals surface area (Å²) in [6.07, 6.45) is 2.67. The third-order valence-corrected chi connectivity index (χ3v) is 3.98. The Morgan fingerprint density at radius 2 is 2.12 bits per heavy atom. The molecule has 2 aromatic rings. The number of amides is 1.